The van der Waals surface area contributed by atoms with Gasteiger partial charge in [-0.1, -0.05) is 30.4 Å². The Balaban J connectivity index is 3.00. The summed E-state index contributed by atoms with van der Waals surface area (Å²) in [7, 11) is 1.55. The van der Waals surface area contributed by atoms with Gasteiger partial charge in [0.15, 0.2) is 0 Å². The number of carbonyl (C=O) groups excluding carboxylic acids is 1. The second-order valence-electron chi connectivity index (χ2n) is 3.60. The molecule has 18 heavy (non-hydrogen) atoms. The van der Waals surface area contributed by atoms with E-state index >= 15 is 0 Å². The maximum absolute atomic E-state index is 11.8. The van der Waals surface area contributed by atoms with E-state index in [4.69, 9.17) is 5.11 Å². The predicted molar refractivity (Wildman–Crippen MR) is 70.8 cm³/mol. The van der Waals surface area contributed by atoms with Crippen LogP contribution in [0.5, 0.6) is 0 Å². The number of nitrogens with zero attached hydrogens (tertiary/aromatic N) is 1. The molecule has 94 valence electrons. The molecule has 0 fully saturated rings. The fourth-order valence-electron chi connectivity index (χ4n) is 1.43. The summed E-state index contributed by atoms with van der Waals surface area (Å²) in [6.45, 7) is 1.85. The molecule has 4 heteroatoms. The number of carboxylic acid groups (broad SMARTS) is 1. The van der Waals surface area contributed by atoms with Crippen molar-refractivity contribution in [1.82, 2.24) is 0 Å². The van der Waals surface area contributed by atoms with Crippen molar-refractivity contribution in [3.63, 3.8) is 0 Å². The Labute approximate surface area is 106 Å². The number of anilines is 1. The molecule has 0 aromatic heterocycles. The lowest BCUT2D eigenvalue weighted by Gasteiger charge is -2.17. The van der Waals surface area contributed by atoms with Crippen molar-refractivity contribution in [2.45, 2.75) is 6.92 Å². The molecule has 0 heterocycles. The fraction of sp³-hybridized carbons (Fsp3) is 0.143. The first-order valence-electron chi connectivity index (χ1n) is 5.47. The summed E-state index contributed by atoms with van der Waals surface area (Å²) < 4.78 is 0. The quantitative estimate of drug-likeness (QED) is 0.655. The highest BCUT2D eigenvalue weighted by Crippen LogP contribution is 2.19. The van der Waals surface area contributed by atoms with E-state index in [-0.39, 0.29) is 11.5 Å². The van der Waals surface area contributed by atoms with Crippen molar-refractivity contribution in [2.75, 3.05) is 11.9 Å². The number of aromatic carboxylic acids is 1. The number of hydrogen-bond donors (Lipinski definition) is 1. The van der Waals surface area contributed by atoms with Crippen molar-refractivity contribution >= 4 is 17.6 Å². The highest BCUT2D eigenvalue weighted by atomic mass is 16.4. The monoisotopic (exact) mass is 245 g/mol. The third-order valence-corrected chi connectivity index (χ3v) is 2.37. The van der Waals surface area contributed by atoms with E-state index in [1.807, 2.05) is 6.92 Å². The summed E-state index contributed by atoms with van der Waals surface area (Å²) in [6.07, 6.45) is 6.53. The zero-order valence-corrected chi connectivity index (χ0v) is 10.3. The summed E-state index contributed by atoms with van der Waals surface area (Å²) in [5.41, 5.74) is 0.480. The molecule has 0 spiro atoms. The average molecular weight is 245 g/mol. The number of carboxylic acids is 1. The molecule has 0 atom stereocenters. The van der Waals surface area contributed by atoms with Crippen LogP contribution in [0.15, 0.2) is 48.6 Å². The molecular weight excluding hydrogens is 230 g/mol. The standard InChI is InChI=1S/C14H15NO3/c1-3-4-5-10-13(16)15(2)12-9-7-6-8-11(12)14(17)18/h3-10H,1-2H3,(H,17,18)/b4-3+,10-5+. The van der Waals surface area contributed by atoms with Crippen LogP contribution in [-0.2, 0) is 4.79 Å². The Hall–Kier alpha value is -2.36. The molecule has 1 aromatic carbocycles. The SMILES string of the molecule is C/C=C/C=C/C(=O)N(C)c1ccccc1C(=O)O. The minimum Gasteiger partial charge on any atom is -0.478 e. The molecule has 1 N–H and O–H groups in total. The van der Waals surface area contributed by atoms with Crippen molar-refractivity contribution < 1.29 is 14.7 Å². The van der Waals surface area contributed by atoms with Gasteiger partial charge in [-0.15, -0.1) is 0 Å². The number of likely N-dealkylation sites (N-methyl/N-ethyl adjacent to an activating group) is 1. The second kappa shape index (κ2) is 6.39. The van der Waals surface area contributed by atoms with Crippen LogP contribution >= 0.6 is 0 Å². The van der Waals surface area contributed by atoms with Crippen LogP contribution in [0.4, 0.5) is 5.69 Å². The van der Waals surface area contributed by atoms with E-state index in [1.54, 1.807) is 43.5 Å². The Morgan fingerprint density at radius 3 is 2.50 bits per heavy atom. The Morgan fingerprint density at radius 1 is 1.22 bits per heavy atom. The highest BCUT2D eigenvalue weighted by Gasteiger charge is 2.15. The third kappa shape index (κ3) is 3.31. The minimum absolute atomic E-state index is 0.104. The highest BCUT2D eigenvalue weighted by molar-refractivity contribution is 6.05. The van der Waals surface area contributed by atoms with Gasteiger partial charge in [-0.25, -0.2) is 4.79 Å². The molecule has 0 radical (unpaired) electrons. The molecule has 1 amide bonds. The Morgan fingerprint density at radius 2 is 1.89 bits per heavy atom. The first-order chi connectivity index (χ1) is 8.57. The molecule has 0 saturated carbocycles. The molecule has 0 saturated heterocycles. The van der Waals surface area contributed by atoms with Crippen LogP contribution in [-0.4, -0.2) is 24.0 Å². The average Bonchev–Trinajstić information content (AvgIpc) is 2.38. The summed E-state index contributed by atoms with van der Waals surface area (Å²) in [6, 6.07) is 6.39. The Bertz CT molecular complexity index is 504. The normalized spacial score (nSPS) is 11.0. The lowest BCUT2D eigenvalue weighted by atomic mass is 10.1. The van der Waals surface area contributed by atoms with Gasteiger partial charge in [-0.3, -0.25) is 4.79 Å². The molecule has 0 aliphatic carbocycles. The molecule has 1 rings (SSSR count). The van der Waals surface area contributed by atoms with Crippen molar-refractivity contribution in [2.24, 2.45) is 0 Å². The molecule has 4 nitrogen and oxygen atoms in total. The van der Waals surface area contributed by atoms with Gasteiger partial charge in [-0.2, -0.15) is 0 Å². The molecule has 0 unspecified atom stereocenters. The van der Waals surface area contributed by atoms with Gasteiger partial charge in [0.05, 0.1) is 11.3 Å². The zero-order chi connectivity index (χ0) is 13.5. The minimum atomic E-state index is -1.05. The van der Waals surface area contributed by atoms with Gasteiger partial charge in [-0.05, 0) is 19.1 Å². The van der Waals surface area contributed by atoms with Crippen LogP contribution in [0.25, 0.3) is 0 Å². The number of rotatable bonds is 4. The number of allylic oxidation sites excluding steroid dienone is 3. The second-order valence-corrected chi connectivity index (χ2v) is 3.60. The van der Waals surface area contributed by atoms with Crippen LogP contribution < -0.4 is 4.90 Å². The van der Waals surface area contributed by atoms with Crippen molar-refractivity contribution in [3.05, 3.63) is 54.1 Å². The van der Waals surface area contributed by atoms with Crippen molar-refractivity contribution in [1.29, 1.82) is 0 Å². The molecular formula is C14H15NO3. The maximum atomic E-state index is 11.8. The van der Waals surface area contributed by atoms with Gasteiger partial charge in [0.1, 0.15) is 0 Å². The number of carbonyl (C=O) groups is 2. The van der Waals surface area contributed by atoms with Crippen LogP contribution in [0.3, 0.4) is 0 Å². The predicted octanol–water partition coefficient (Wildman–Crippen LogP) is 2.48. The number of benzene rings is 1. The summed E-state index contributed by atoms with van der Waals surface area (Å²) >= 11 is 0. The third-order valence-electron chi connectivity index (χ3n) is 2.37. The van der Waals surface area contributed by atoms with Gasteiger partial charge < -0.3 is 10.0 Å². The summed E-state index contributed by atoms with van der Waals surface area (Å²) in [5.74, 6) is -1.33. The summed E-state index contributed by atoms with van der Waals surface area (Å²) in [4.78, 5) is 24.2. The first kappa shape index (κ1) is 13.7. The van der Waals surface area contributed by atoms with E-state index in [1.165, 1.54) is 17.0 Å². The largest absolute Gasteiger partial charge is 0.478 e. The lowest BCUT2D eigenvalue weighted by Crippen LogP contribution is -2.25. The van der Waals surface area contributed by atoms with E-state index in [2.05, 4.69) is 0 Å². The van der Waals surface area contributed by atoms with Crippen LogP contribution in [0, 0.1) is 0 Å². The maximum Gasteiger partial charge on any atom is 0.337 e. The molecule has 0 aliphatic rings. The van der Waals surface area contributed by atoms with Gasteiger partial charge >= 0.3 is 5.97 Å². The van der Waals surface area contributed by atoms with Gasteiger partial charge in [0.25, 0.3) is 5.91 Å². The van der Waals surface area contributed by atoms with E-state index in [0.717, 1.165) is 0 Å². The molecule has 0 aliphatic heterocycles. The number of amides is 1. The van der Waals surface area contributed by atoms with Gasteiger partial charge in [0, 0.05) is 13.1 Å². The van der Waals surface area contributed by atoms with Crippen molar-refractivity contribution in [3.8, 4) is 0 Å². The van der Waals surface area contributed by atoms with Crippen LogP contribution in [0.2, 0.25) is 0 Å². The Kier molecular flexibility index (Phi) is 4.87. The fourth-order valence-corrected chi connectivity index (χ4v) is 1.43. The lowest BCUT2D eigenvalue weighted by molar-refractivity contribution is -0.113. The molecule has 1 aromatic rings. The molecule has 0 bridgehead atoms. The van der Waals surface area contributed by atoms with E-state index in [0.29, 0.717) is 5.69 Å². The van der Waals surface area contributed by atoms with Crippen LogP contribution in [0.1, 0.15) is 17.3 Å². The first-order valence-corrected chi connectivity index (χ1v) is 5.47. The smallest absolute Gasteiger partial charge is 0.337 e. The topological polar surface area (TPSA) is 57.6 Å². The van der Waals surface area contributed by atoms with E-state index < -0.39 is 5.97 Å². The number of hydrogen-bond acceptors (Lipinski definition) is 2. The number of para-hydroxylation sites is 1. The summed E-state index contributed by atoms with van der Waals surface area (Å²) in [5, 5.41) is 9.04. The van der Waals surface area contributed by atoms with E-state index in [9.17, 15) is 9.59 Å². The zero-order valence-electron chi connectivity index (χ0n) is 10.3. The van der Waals surface area contributed by atoms with Gasteiger partial charge in [0.2, 0.25) is 0 Å².